The standard InChI is InChI=1S/C31H28N4O2/c1-2-35-28-16-17-34(19-23-14-15-29(36)26-13-6-5-12-25(23)26)20-27(28)30(33-35)31(37)32-18-22-10-7-9-21-8-3-4-11-24(21)22/h2-15,36H,1,16-20H2,(H,32,37). The van der Waals surface area contributed by atoms with Crippen molar-refractivity contribution in [3.8, 4) is 5.75 Å². The third-order valence-electron chi connectivity index (χ3n) is 7.26. The van der Waals surface area contributed by atoms with E-state index in [0.29, 0.717) is 18.8 Å². The highest BCUT2D eigenvalue weighted by atomic mass is 16.3. The summed E-state index contributed by atoms with van der Waals surface area (Å²) in [5.41, 5.74) is 4.66. The molecule has 2 N–H and O–H groups in total. The van der Waals surface area contributed by atoms with Gasteiger partial charge in [-0.25, -0.2) is 4.68 Å². The van der Waals surface area contributed by atoms with Crippen LogP contribution in [0, 0.1) is 0 Å². The summed E-state index contributed by atoms with van der Waals surface area (Å²) >= 11 is 0. The largest absolute Gasteiger partial charge is 0.507 e. The molecule has 1 amide bonds. The first-order valence-corrected chi connectivity index (χ1v) is 12.5. The molecule has 184 valence electrons. The Morgan fingerprint density at radius 3 is 2.54 bits per heavy atom. The monoisotopic (exact) mass is 488 g/mol. The number of phenols is 1. The van der Waals surface area contributed by atoms with Gasteiger partial charge in [0.15, 0.2) is 5.69 Å². The fourth-order valence-electron chi connectivity index (χ4n) is 5.40. The quantitative estimate of drug-likeness (QED) is 0.332. The lowest BCUT2D eigenvalue weighted by atomic mass is 10.0. The van der Waals surface area contributed by atoms with E-state index in [9.17, 15) is 9.90 Å². The molecule has 0 fully saturated rings. The van der Waals surface area contributed by atoms with Crippen LogP contribution in [-0.2, 0) is 26.1 Å². The minimum Gasteiger partial charge on any atom is -0.507 e. The number of phenolic OH excluding ortho intramolecular Hbond substituents is 1. The lowest BCUT2D eigenvalue weighted by Crippen LogP contribution is -2.32. The third kappa shape index (κ3) is 4.26. The van der Waals surface area contributed by atoms with Crippen molar-refractivity contribution in [2.45, 2.75) is 26.1 Å². The molecule has 0 spiro atoms. The third-order valence-corrected chi connectivity index (χ3v) is 7.26. The van der Waals surface area contributed by atoms with Gasteiger partial charge in [-0.3, -0.25) is 9.69 Å². The zero-order chi connectivity index (χ0) is 25.4. The average Bonchev–Trinajstić information content (AvgIpc) is 3.31. The minimum atomic E-state index is -0.179. The number of rotatable bonds is 6. The predicted octanol–water partition coefficient (Wildman–Crippen LogP) is 5.48. The molecule has 4 aromatic carbocycles. The van der Waals surface area contributed by atoms with Crippen LogP contribution in [0.1, 0.15) is 32.9 Å². The van der Waals surface area contributed by atoms with Crippen LogP contribution in [0.2, 0.25) is 0 Å². The number of nitrogens with zero attached hydrogens (tertiary/aromatic N) is 3. The summed E-state index contributed by atoms with van der Waals surface area (Å²) in [5, 5.41) is 22.2. The van der Waals surface area contributed by atoms with Crippen LogP contribution in [0.3, 0.4) is 0 Å². The Labute approximate surface area is 215 Å². The van der Waals surface area contributed by atoms with E-state index in [-0.39, 0.29) is 11.7 Å². The number of carbonyl (C=O) groups is 1. The zero-order valence-electron chi connectivity index (χ0n) is 20.5. The first-order valence-electron chi connectivity index (χ1n) is 12.5. The highest BCUT2D eigenvalue weighted by molar-refractivity contribution is 5.95. The van der Waals surface area contributed by atoms with E-state index in [2.05, 4.69) is 40.1 Å². The Kier molecular flexibility index (Phi) is 5.94. The molecule has 1 aliphatic heterocycles. The van der Waals surface area contributed by atoms with Crippen molar-refractivity contribution in [1.29, 1.82) is 0 Å². The Morgan fingerprint density at radius 2 is 1.70 bits per heavy atom. The molecule has 0 radical (unpaired) electrons. The number of amides is 1. The van der Waals surface area contributed by atoms with Gasteiger partial charge in [-0.15, -0.1) is 0 Å². The van der Waals surface area contributed by atoms with E-state index in [1.54, 1.807) is 16.9 Å². The maximum atomic E-state index is 13.4. The molecule has 6 nitrogen and oxygen atoms in total. The summed E-state index contributed by atoms with van der Waals surface area (Å²) in [6.45, 7) is 6.52. The Hall–Kier alpha value is -4.42. The van der Waals surface area contributed by atoms with Gasteiger partial charge >= 0.3 is 0 Å². The molecule has 37 heavy (non-hydrogen) atoms. The van der Waals surface area contributed by atoms with Crippen molar-refractivity contribution in [3.63, 3.8) is 0 Å². The second-order valence-electron chi connectivity index (χ2n) is 9.47. The van der Waals surface area contributed by atoms with E-state index >= 15 is 0 Å². The molecule has 0 saturated carbocycles. The first kappa shape index (κ1) is 23.0. The minimum absolute atomic E-state index is 0.179. The van der Waals surface area contributed by atoms with Gasteiger partial charge in [-0.1, -0.05) is 79.4 Å². The lowest BCUT2D eigenvalue weighted by molar-refractivity contribution is 0.0943. The summed E-state index contributed by atoms with van der Waals surface area (Å²) in [4.78, 5) is 15.7. The molecule has 0 bridgehead atoms. The van der Waals surface area contributed by atoms with Crippen molar-refractivity contribution < 1.29 is 9.90 Å². The van der Waals surface area contributed by atoms with E-state index in [1.165, 1.54) is 0 Å². The summed E-state index contributed by atoms with van der Waals surface area (Å²) < 4.78 is 1.75. The van der Waals surface area contributed by atoms with Crippen molar-refractivity contribution in [2.75, 3.05) is 6.54 Å². The molecule has 2 heterocycles. The number of carbonyl (C=O) groups excluding carboxylic acids is 1. The number of benzene rings is 4. The Balaban J connectivity index is 1.25. The molecular formula is C31H28N4O2. The van der Waals surface area contributed by atoms with E-state index in [1.807, 2.05) is 54.6 Å². The number of aromatic nitrogens is 2. The predicted molar refractivity (Wildman–Crippen MR) is 147 cm³/mol. The van der Waals surface area contributed by atoms with Gasteiger partial charge in [0.2, 0.25) is 0 Å². The highest BCUT2D eigenvalue weighted by Crippen LogP contribution is 2.30. The summed E-state index contributed by atoms with van der Waals surface area (Å²) in [6, 6.07) is 26.0. The molecule has 0 unspecified atom stereocenters. The highest BCUT2D eigenvalue weighted by Gasteiger charge is 2.28. The molecule has 0 saturated heterocycles. The van der Waals surface area contributed by atoms with Crippen molar-refractivity contribution >= 4 is 33.7 Å². The van der Waals surface area contributed by atoms with Gasteiger partial charge in [0.05, 0.1) is 5.69 Å². The second kappa shape index (κ2) is 9.56. The number of fused-ring (bicyclic) bond motifs is 3. The van der Waals surface area contributed by atoms with Gasteiger partial charge in [0.1, 0.15) is 5.75 Å². The van der Waals surface area contributed by atoms with E-state index in [4.69, 9.17) is 0 Å². The van der Waals surface area contributed by atoms with Crippen LogP contribution in [0.25, 0.3) is 27.7 Å². The smallest absolute Gasteiger partial charge is 0.272 e. The van der Waals surface area contributed by atoms with Gasteiger partial charge < -0.3 is 10.4 Å². The Morgan fingerprint density at radius 1 is 0.946 bits per heavy atom. The molecule has 0 aliphatic carbocycles. The zero-order valence-corrected chi connectivity index (χ0v) is 20.5. The molecule has 6 rings (SSSR count). The molecule has 5 aromatic rings. The molecule has 0 atom stereocenters. The normalized spacial score (nSPS) is 13.5. The van der Waals surface area contributed by atoms with E-state index < -0.39 is 0 Å². The number of hydrogen-bond acceptors (Lipinski definition) is 4. The SMILES string of the molecule is C=Cn1nc(C(=O)NCc2cccc3ccccc23)c2c1CCN(Cc1ccc(O)c3ccccc13)C2. The number of hydrogen-bond donors (Lipinski definition) is 2. The summed E-state index contributed by atoms with van der Waals surface area (Å²) in [7, 11) is 0. The lowest BCUT2D eigenvalue weighted by Gasteiger charge is -2.28. The Bertz CT molecular complexity index is 1650. The fourth-order valence-corrected chi connectivity index (χ4v) is 5.40. The van der Waals surface area contributed by atoms with Gasteiger partial charge in [-0.2, -0.15) is 5.10 Å². The second-order valence-corrected chi connectivity index (χ2v) is 9.47. The van der Waals surface area contributed by atoms with Crippen molar-refractivity contribution in [2.24, 2.45) is 0 Å². The maximum absolute atomic E-state index is 13.4. The number of nitrogens with one attached hydrogen (secondary N) is 1. The number of aromatic hydroxyl groups is 1. The summed E-state index contributed by atoms with van der Waals surface area (Å²) in [6.07, 6.45) is 2.45. The molecular weight excluding hydrogens is 460 g/mol. The van der Waals surface area contributed by atoms with Gasteiger partial charge in [0.25, 0.3) is 5.91 Å². The van der Waals surface area contributed by atoms with Crippen LogP contribution in [0.5, 0.6) is 5.75 Å². The van der Waals surface area contributed by atoms with Crippen LogP contribution < -0.4 is 5.32 Å². The van der Waals surface area contributed by atoms with Crippen LogP contribution >= 0.6 is 0 Å². The first-order chi connectivity index (χ1) is 18.1. The molecule has 1 aromatic heterocycles. The van der Waals surface area contributed by atoms with Gasteiger partial charge in [0, 0.05) is 49.7 Å². The molecule has 1 aliphatic rings. The maximum Gasteiger partial charge on any atom is 0.272 e. The van der Waals surface area contributed by atoms with Crippen molar-refractivity contribution in [1.82, 2.24) is 20.0 Å². The van der Waals surface area contributed by atoms with E-state index in [0.717, 1.165) is 63.4 Å². The summed E-state index contributed by atoms with van der Waals surface area (Å²) in [5.74, 6) is 0.111. The topological polar surface area (TPSA) is 70.4 Å². The molecule has 6 heteroatoms. The van der Waals surface area contributed by atoms with Gasteiger partial charge in [-0.05, 0) is 33.4 Å². The fraction of sp³-hybridized carbons (Fsp3) is 0.161. The average molecular weight is 489 g/mol. The van der Waals surface area contributed by atoms with Crippen LogP contribution in [0.4, 0.5) is 0 Å². The van der Waals surface area contributed by atoms with Crippen LogP contribution in [0.15, 0.2) is 85.4 Å². The van der Waals surface area contributed by atoms with Crippen LogP contribution in [-0.4, -0.2) is 32.2 Å². The van der Waals surface area contributed by atoms with Crippen molar-refractivity contribution in [3.05, 3.63) is 114 Å².